The first-order valence-electron chi connectivity index (χ1n) is 11.4. The van der Waals surface area contributed by atoms with Crippen LogP contribution in [0.2, 0.25) is 0 Å². The molecule has 8 heteroatoms. The Morgan fingerprint density at radius 3 is 2.76 bits per heavy atom. The minimum absolute atomic E-state index is 0.0750. The second-order valence-corrected chi connectivity index (χ2v) is 9.67. The summed E-state index contributed by atoms with van der Waals surface area (Å²) in [4.78, 5) is 17.9. The van der Waals surface area contributed by atoms with E-state index in [9.17, 15) is 9.18 Å². The van der Waals surface area contributed by atoms with Crippen LogP contribution in [0.1, 0.15) is 37.3 Å². The molecule has 34 heavy (non-hydrogen) atoms. The molecule has 1 N–H and O–H groups in total. The predicted molar refractivity (Wildman–Crippen MR) is 134 cm³/mol. The molecule has 3 heterocycles. The molecule has 0 atom stereocenters. The molecule has 5 rings (SSSR count). The summed E-state index contributed by atoms with van der Waals surface area (Å²) < 4.78 is 15.4. The van der Waals surface area contributed by atoms with E-state index in [2.05, 4.69) is 59.4 Å². The van der Waals surface area contributed by atoms with E-state index in [4.69, 9.17) is 0 Å². The van der Waals surface area contributed by atoms with Crippen LogP contribution in [-0.2, 0) is 4.79 Å². The third-order valence-electron chi connectivity index (χ3n) is 6.23. The average Bonchev–Trinajstić information content (AvgIpc) is 3.49. The fraction of sp³-hybridized carbons (Fsp3) is 0.269. The summed E-state index contributed by atoms with van der Waals surface area (Å²) in [6.07, 6.45) is 6.46. The van der Waals surface area contributed by atoms with Crippen molar-refractivity contribution in [3.05, 3.63) is 78.0 Å². The highest BCUT2D eigenvalue weighted by Crippen LogP contribution is 2.30. The summed E-state index contributed by atoms with van der Waals surface area (Å²) in [7, 11) is 0. The summed E-state index contributed by atoms with van der Waals surface area (Å²) in [6.45, 7) is 5.55. The van der Waals surface area contributed by atoms with E-state index < -0.39 is 0 Å². The van der Waals surface area contributed by atoms with Gasteiger partial charge >= 0.3 is 0 Å². The number of H-pyrrole nitrogens is 1. The number of nitrogens with zero attached hydrogens (tertiary/aromatic N) is 4. The standard InChI is InChI=1S/C26H26FN5OS/c1-17(2)18-3-6-21(7-4-18)32-16-29-30-26(32)34-15-25(33)31-11-9-19(10-12-31)23-14-28-24-13-20(27)5-8-22(23)24/h3-9,13-14,16-17,28H,10-12,15H2,1-2H3. The van der Waals surface area contributed by atoms with Gasteiger partial charge in [-0.15, -0.1) is 10.2 Å². The molecule has 0 saturated carbocycles. The van der Waals surface area contributed by atoms with E-state index in [1.807, 2.05) is 15.7 Å². The molecule has 174 valence electrons. The minimum Gasteiger partial charge on any atom is -0.360 e. The van der Waals surface area contributed by atoms with E-state index in [0.29, 0.717) is 29.9 Å². The Morgan fingerprint density at radius 1 is 1.21 bits per heavy atom. The van der Waals surface area contributed by atoms with Crippen LogP contribution in [0.25, 0.3) is 22.2 Å². The zero-order valence-corrected chi connectivity index (χ0v) is 20.0. The molecule has 6 nitrogen and oxygen atoms in total. The number of hydrogen-bond acceptors (Lipinski definition) is 4. The topological polar surface area (TPSA) is 66.8 Å². The van der Waals surface area contributed by atoms with Crippen molar-refractivity contribution in [2.75, 3.05) is 18.8 Å². The molecular formula is C26H26FN5OS. The second-order valence-electron chi connectivity index (χ2n) is 8.73. The van der Waals surface area contributed by atoms with E-state index in [1.165, 1.54) is 35.0 Å². The average molecular weight is 476 g/mol. The number of fused-ring (bicyclic) bond motifs is 1. The zero-order chi connectivity index (χ0) is 23.7. The minimum atomic E-state index is -0.254. The Labute approximate surface area is 201 Å². The number of thioether (sulfide) groups is 1. The van der Waals surface area contributed by atoms with E-state index in [0.717, 1.165) is 28.6 Å². The molecule has 2 aromatic heterocycles. The van der Waals surface area contributed by atoms with Crippen LogP contribution in [-0.4, -0.2) is 49.4 Å². The number of amides is 1. The molecule has 0 fully saturated rings. The van der Waals surface area contributed by atoms with Crippen LogP contribution < -0.4 is 0 Å². The maximum absolute atomic E-state index is 13.5. The monoisotopic (exact) mass is 475 g/mol. The van der Waals surface area contributed by atoms with Gasteiger partial charge in [-0.1, -0.05) is 43.8 Å². The van der Waals surface area contributed by atoms with Gasteiger partial charge in [-0.3, -0.25) is 9.36 Å². The van der Waals surface area contributed by atoms with Crippen molar-refractivity contribution in [1.82, 2.24) is 24.6 Å². The highest BCUT2D eigenvalue weighted by molar-refractivity contribution is 7.99. The zero-order valence-electron chi connectivity index (χ0n) is 19.2. The van der Waals surface area contributed by atoms with Gasteiger partial charge in [0.25, 0.3) is 0 Å². The van der Waals surface area contributed by atoms with Gasteiger partial charge in [0.15, 0.2) is 5.16 Å². The maximum atomic E-state index is 13.5. The Balaban J connectivity index is 1.22. The largest absolute Gasteiger partial charge is 0.360 e. The highest BCUT2D eigenvalue weighted by Gasteiger charge is 2.20. The van der Waals surface area contributed by atoms with Crippen molar-refractivity contribution >= 4 is 34.1 Å². The summed E-state index contributed by atoms with van der Waals surface area (Å²) in [6, 6.07) is 13.1. The number of carbonyl (C=O) groups excluding carboxylic acids is 1. The number of hydrogen-bond donors (Lipinski definition) is 1. The molecular weight excluding hydrogens is 449 g/mol. The van der Waals surface area contributed by atoms with Gasteiger partial charge in [0.05, 0.1) is 5.75 Å². The first-order valence-corrected chi connectivity index (χ1v) is 12.3. The van der Waals surface area contributed by atoms with Crippen LogP contribution in [0.15, 0.2) is 66.2 Å². The molecule has 4 aromatic rings. The molecule has 1 aliphatic heterocycles. The second kappa shape index (κ2) is 9.46. The molecule has 0 spiro atoms. The van der Waals surface area contributed by atoms with Gasteiger partial charge in [-0.05, 0) is 53.8 Å². The quantitative estimate of drug-likeness (QED) is 0.378. The Morgan fingerprint density at radius 2 is 2.03 bits per heavy atom. The normalized spacial score (nSPS) is 14.1. The Bertz CT molecular complexity index is 1360. The third kappa shape index (κ3) is 4.50. The molecule has 0 aliphatic carbocycles. The summed E-state index contributed by atoms with van der Waals surface area (Å²) in [5.41, 5.74) is 5.30. The maximum Gasteiger partial charge on any atom is 0.233 e. The fourth-order valence-electron chi connectivity index (χ4n) is 4.24. The SMILES string of the molecule is CC(C)c1ccc(-n2cnnc2SCC(=O)N2CC=C(c3c[nH]c4cc(F)ccc34)CC2)cc1. The van der Waals surface area contributed by atoms with Gasteiger partial charge < -0.3 is 9.88 Å². The summed E-state index contributed by atoms with van der Waals surface area (Å²) in [5.74, 6) is 0.597. The number of carbonyl (C=O) groups is 1. The fourth-order valence-corrected chi connectivity index (χ4v) is 5.07. The Kier molecular flexibility index (Phi) is 6.24. The van der Waals surface area contributed by atoms with Crippen molar-refractivity contribution in [1.29, 1.82) is 0 Å². The van der Waals surface area contributed by atoms with Gasteiger partial charge in [0.2, 0.25) is 5.91 Å². The number of nitrogens with one attached hydrogen (secondary N) is 1. The van der Waals surface area contributed by atoms with Gasteiger partial charge in [0.1, 0.15) is 12.1 Å². The molecule has 0 unspecified atom stereocenters. The highest BCUT2D eigenvalue weighted by atomic mass is 32.2. The van der Waals surface area contributed by atoms with Crippen molar-refractivity contribution in [2.45, 2.75) is 31.3 Å². The number of aromatic nitrogens is 4. The van der Waals surface area contributed by atoms with Crippen LogP contribution in [0.3, 0.4) is 0 Å². The first-order chi connectivity index (χ1) is 16.5. The lowest BCUT2D eigenvalue weighted by atomic mass is 9.99. The van der Waals surface area contributed by atoms with Crippen molar-refractivity contribution < 1.29 is 9.18 Å². The molecule has 0 saturated heterocycles. The molecule has 0 radical (unpaired) electrons. The van der Waals surface area contributed by atoms with E-state index >= 15 is 0 Å². The van der Waals surface area contributed by atoms with Crippen molar-refractivity contribution in [2.24, 2.45) is 0 Å². The Hall–Kier alpha value is -3.39. The number of aromatic amines is 1. The molecule has 1 aliphatic rings. The number of benzene rings is 2. The van der Waals surface area contributed by atoms with Crippen LogP contribution in [0.5, 0.6) is 0 Å². The lowest BCUT2D eigenvalue weighted by Crippen LogP contribution is -2.35. The van der Waals surface area contributed by atoms with E-state index in [-0.39, 0.29) is 11.7 Å². The lowest BCUT2D eigenvalue weighted by Gasteiger charge is -2.26. The smallest absolute Gasteiger partial charge is 0.233 e. The van der Waals surface area contributed by atoms with Gasteiger partial charge in [-0.25, -0.2) is 4.39 Å². The molecule has 2 aromatic carbocycles. The van der Waals surface area contributed by atoms with Crippen LogP contribution in [0, 0.1) is 5.82 Å². The predicted octanol–water partition coefficient (Wildman–Crippen LogP) is 5.42. The lowest BCUT2D eigenvalue weighted by molar-refractivity contribution is -0.127. The number of halogens is 1. The summed E-state index contributed by atoms with van der Waals surface area (Å²) >= 11 is 1.40. The molecule has 0 bridgehead atoms. The molecule has 1 amide bonds. The van der Waals surface area contributed by atoms with Crippen molar-refractivity contribution in [3.8, 4) is 5.69 Å². The summed E-state index contributed by atoms with van der Waals surface area (Å²) in [5, 5.41) is 9.96. The van der Waals surface area contributed by atoms with Crippen LogP contribution >= 0.6 is 11.8 Å². The van der Waals surface area contributed by atoms with Gasteiger partial charge in [-0.2, -0.15) is 0 Å². The number of rotatable bonds is 6. The van der Waals surface area contributed by atoms with Crippen molar-refractivity contribution in [3.63, 3.8) is 0 Å². The van der Waals surface area contributed by atoms with Gasteiger partial charge in [0, 0.05) is 41.4 Å². The van der Waals surface area contributed by atoms with Crippen LogP contribution in [0.4, 0.5) is 4.39 Å². The van der Waals surface area contributed by atoms with E-state index in [1.54, 1.807) is 12.4 Å². The first kappa shape index (κ1) is 22.4. The third-order valence-corrected chi connectivity index (χ3v) is 7.16.